The van der Waals surface area contributed by atoms with Crippen LogP contribution >= 0.6 is 11.8 Å². The lowest BCUT2D eigenvalue weighted by atomic mass is 10.1. The van der Waals surface area contributed by atoms with Gasteiger partial charge in [0, 0.05) is 16.3 Å². The van der Waals surface area contributed by atoms with Crippen LogP contribution in [-0.4, -0.2) is 25.3 Å². The van der Waals surface area contributed by atoms with E-state index in [1.54, 1.807) is 11.8 Å². The Morgan fingerprint density at radius 3 is 2.65 bits per heavy atom. The number of nitrogens with zero attached hydrogens (tertiary/aromatic N) is 1. The first-order chi connectivity index (χ1) is 10.8. The molecular formula is C17H19NO3S2. The molecule has 0 saturated heterocycles. The highest BCUT2D eigenvalue weighted by molar-refractivity contribution is 7.99. The zero-order valence-corrected chi connectivity index (χ0v) is 14.7. The standard InChI is InChI=1S/C17H19NO3S2/c1-12-7-8-14-16(11-12)22-17-13(2)5-3-6-15(17)18(14)9-4-10-23(19,20)21/h3,5-8,11H,4,9-10H2,1-2H3,(H,19,20,21). The number of hydrogen-bond acceptors (Lipinski definition) is 4. The molecule has 1 aliphatic heterocycles. The van der Waals surface area contributed by atoms with Crippen LogP contribution in [-0.2, 0) is 10.1 Å². The van der Waals surface area contributed by atoms with Gasteiger partial charge in [0.1, 0.15) is 0 Å². The highest BCUT2D eigenvalue weighted by Crippen LogP contribution is 2.49. The number of hydrogen-bond donors (Lipinski definition) is 1. The Labute approximate surface area is 141 Å². The summed E-state index contributed by atoms with van der Waals surface area (Å²) in [6, 6.07) is 12.5. The third-order valence-electron chi connectivity index (χ3n) is 3.88. The maximum atomic E-state index is 11.0. The summed E-state index contributed by atoms with van der Waals surface area (Å²) in [5, 5.41) is 0. The number of anilines is 2. The largest absolute Gasteiger partial charge is 0.340 e. The van der Waals surface area contributed by atoms with E-state index in [2.05, 4.69) is 49.1 Å². The molecule has 3 rings (SSSR count). The summed E-state index contributed by atoms with van der Waals surface area (Å²) in [5.41, 5.74) is 4.60. The minimum atomic E-state index is -3.93. The monoisotopic (exact) mass is 349 g/mol. The summed E-state index contributed by atoms with van der Waals surface area (Å²) >= 11 is 1.76. The number of aryl methyl sites for hydroxylation is 2. The lowest BCUT2D eigenvalue weighted by molar-refractivity contribution is 0.481. The Morgan fingerprint density at radius 2 is 1.91 bits per heavy atom. The van der Waals surface area contributed by atoms with Crippen molar-refractivity contribution in [1.29, 1.82) is 0 Å². The van der Waals surface area contributed by atoms with Gasteiger partial charge in [-0.2, -0.15) is 8.42 Å². The molecule has 122 valence electrons. The van der Waals surface area contributed by atoms with Gasteiger partial charge in [-0.05, 0) is 49.6 Å². The van der Waals surface area contributed by atoms with Crippen molar-refractivity contribution in [2.24, 2.45) is 0 Å². The molecule has 0 unspecified atom stereocenters. The van der Waals surface area contributed by atoms with Gasteiger partial charge in [0.05, 0.1) is 17.1 Å². The minimum Gasteiger partial charge on any atom is -0.340 e. The molecule has 0 radical (unpaired) electrons. The molecule has 2 aromatic rings. The number of benzene rings is 2. The normalized spacial score (nSPS) is 13.6. The second kappa shape index (κ2) is 6.19. The molecule has 0 saturated carbocycles. The zero-order chi connectivity index (χ0) is 16.6. The number of fused-ring (bicyclic) bond motifs is 2. The van der Waals surface area contributed by atoms with Crippen LogP contribution < -0.4 is 4.90 Å². The van der Waals surface area contributed by atoms with E-state index in [9.17, 15) is 8.42 Å². The molecule has 1 aliphatic rings. The minimum absolute atomic E-state index is 0.223. The molecule has 1 heterocycles. The second-order valence-electron chi connectivity index (χ2n) is 5.79. The fraction of sp³-hybridized carbons (Fsp3) is 0.294. The van der Waals surface area contributed by atoms with E-state index in [-0.39, 0.29) is 5.75 Å². The van der Waals surface area contributed by atoms with Crippen LogP contribution in [0.25, 0.3) is 0 Å². The van der Waals surface area contributed by atoms with Gasteiger partial charge >= 0.3 is 0 Å². The van der Waals surface area contributed by atoms with E-state index in [1.807, 2.05) is 6.07 Å². The van der Waals surface area contributed by atoms with Gasteiger partial charge in [0.2, 0.25) is 0 Å². The summed E-state index contributed by atoms with van der Waals surface area (Å²) in [5.74, 6) is -0.223. The van der Waals surface area contributed by atoms with Crippen LogP contribution in [0.3, 0.4) is 0 Å². The molecule has 1 N–H and O–H groups in total. The quantitative estimate of drug-likeness (QED) is 0.839. The molecule has 0 atom stereocenters. The predicted octanol–water partition coefficient (Wildman–Crippen LogP) is 4.18. The van der Waals surface area contributed by atoms with Crippen LogP contribution in [0.1, 0.15) is 17.5 Å². The maximum Gasteiger partial charge on any atom is 0.264 e. The Kier molecular flexibility index (Phi) is 4.40. The van der Waals surface area contributed by atoms with Crippen molar-refractivity contribution in [2.75, 3.05) is 17.2 Å². The van der Waals surface area contributed by atoms with Gasteiger partial charge in [-0.1, -0.05) is 30.0 Å². The fourth-order valence-electron chi connectivity index (χ4n) is 2.79. The van der Waals surface area contributed by atoms with E-state index in [4.69, 9.17) is 4.55 Å². The van der Waals surface area contributed by atoms with Crippen molar-refractivity contribution in [2.45, 2.75) is 30.1 Å². The van der Waals surface area contributed by atoms with Crippen molar-refractivity contribution in [1.82, 2.24) is 0 Å². The molecule has 4 nitrogen and oxygen atoms in total. The third kappa shape index (κ3) is 3.54. The summed E-state index contributed by atoms with van der Waals surface area (Å²) in [6.45, 7) is 4.70. The molecule has 0 aliphatic carbocycles. The SMILES string of the molecule is Cc1ccc2c(c1)Sc1c(C)cccc1N2CCCS(=O)(=O)O. The van der Waals surface area contributed by atoms with Gasteiger partial charge in [0.15, 0.2) is 0 Å². The summed E-state index contributed by atoms with van der Waals surface area (Å²) < 4.78 is 31.0. The van der Waals surface area contributed by atoms with E-state index >= 15 is 0 Å². The van der Waals surface area contributed by atoms with Crippen LogP contribution in [0.4, 0.5) is 11.4 Å². The smallest absolute Gasteiger partial charge is 0.264 e. The van der Waals surface area contributed by atoms with E-state index in [0.717, 1.165) is 11.4 Å². The Morgan fingerprint density at radius 1 is 1.13 bits per heavy atom. The van der Waals surface area contributed by atoms with Gasteiger partial charge < -0.3 is 4.90 Å². The number of rotatable bonds is 4. The zero-order valence-electron chi connectivity index (χ0n) is 13.1. The average molecular weight is 349 g/mol. The van der Waals surface area contributed by atoms with Crippen molar-refractivity contribution in [3.05, 3.63) is 47.5 Å². The molecule has 2 aromatic carbocycles. The molecule has 0 spiro atoms. The van der Waals surface area contributed by atoms with Crippen LogP contribution in [0.2, 0.25) is 0 Å². The second-order valence-corrected chi connectivity index (χ2v) is 8.41. The highest BCUT2D eigenvalue weighted by atomic mass is 32.2. The van der Waals surface area contributed by atoms with Crippen LogP contribution in [0.5, 0.6) is 0 Å². The highest BCUT2D eigenvalue weighted by Gasteiger charge is 2.24. The predicted molar refractivity (Wildman–Crippen MR) is 94.5 cm³/mol. The van der Waals surface area contributed by atoms with Crippen molar-refractivity contribution in [3.63, 3.8) is 0 Å². The van der Waals surface area contributed by atoms with Gasteiger partial charge in [-0.3, -0.25) is 4.55 Å². The van der Waals surface area contributed by atoms with Crippen molar-refractivity contribution < 1.29 is 13.0 Å². The molecule has 0 aromatic heterocycles. The van der Waals surface area contributed by atoms with E-state index in [1.165, 1.54) is 20.9 Å². The first-order valence-corrected chi connectivity index (χ1v) is 9.88. The average Bonchev–Trinajstić information content (AvgIpc) is 2.46. The fourth-order valence-corrected chi connectivity index (χ4v) is 4.55. The Balaban J connectivity index is 1.99. The first-order valence-electron chi connectivity index (χ1n) is 7.46. The van der Waals surface area contributed by atoms with Gasteiger partial charge in [-0.15, -0.1) is 0 Å². The lowest BCUT2D eigenvalue weighted by Gasteiger charge is -2.33. The van der Waals surface area contributed by atoms with Crippen LogP contribution in [0, 0.1) is 13.8 Å². The van der Waals surface area contributed by atoms with Gasteiger partial charge in [-0.25, -0.2) is 0 Å². The molecule has 0 fully saturated rings. The van der Waals surface area contributed by atoms with Crippen molar-refractivity contribution in [3.8, 4) is 0 Å². The third-order valence-corrected chi connectivity index (χ3v) is 5.97. The van der Waals surface area contributed by atoms with E-state index in [0.29, 0.717) is 13.0 Å². The topological polar surface area (TPSA) is 57.6 Å². The summed E-state index contributed by atoms with van der Waals surface area (Å²) in [4.78, 5) is 4.54. The summed E-state index contributed by atoms with van der Waals surface area (Å²) in [7, 11) is -3.93. The molecule has 0 bridgehead atoms. The molecular weight excluding hydrogens is 330 g/mol. The maximum absolute atomic E-state index is 11.0. The Bertz CT molecular complexity index is 847. The van der Waals surface area contributed by atoms with Crippen molar-refractivity contribution >= 4 is 33.3 Å². The lowest BCUT2D eigenvalue weighted by Crippen LogP contribution is -2.24. The van der Waals surface area contributed by atoms with Crippen LogP contribution in [0.15, 0.2) is 46.2 Å². The van der Waals surface area contributed by atoms with Gasteiger partial charge in [0.25, 0.3) is 10.1 Å². The molecule has 6 heteroatoms. The molecule has 23 heavy (non-hydrogen) atoms. The first kappa shape index (κ1) is 16.4. The summed E-state index contributed by atoms with van der Waals surface area (Å²) in [6.07, 6.45) is 0.379. The van der Waals surface area contributed by atoms with E-state index < -0.39 is 10.1 Å². The molecule has 0 amide bonds. The Hall–Kier alpha value is -1.50.